The monoisotopic (exact) mass is 594 g/mol. The van der Waals surface area contributed by atoms with E-state index in [0.29, 0.717) is 37.9 Å². The summed E-state index contributed by atoms with van der Waals surface area (Å²) in [7, 11) is -3.32. The number of hydrogen-bond donors (Lipinski definition) is 1. The summed E-state index contributed by atoms with van der Waals surface area (Å²) in [5.74, 6) is 0.518. The van der Waals surface area contributed by atoms with E-state index in [0.717, 1.165) is 25.9 Å². The highest BCUT2D eigenvalue weighted by Crippen LogP contribution is 2.37. The predicted molar refractivity (Wildman–Crippen MR) is 160 cm³/mol. The largest absolute Gasteiger partial charge is 0.342 e. The van der Waals surface area contributed by atoms with Gasteiger partial charge in [0.2, 0.25) is 5.91 Å². The molecule has 3 heterocycles. The molecule has 10 heteroatoms. The summed E-state index contributed by atoms with van der Waals surface area (Å²) in [5, 5.41) is 2.98. The predicted octanol–water partition coefficient (Wildman–Crippen LogP) is 3.65. The number of nitrogens with zero attached hydrogens (tertiary/aromatic N) is 3. The number of urea groups is 1. The smallest absolute Gasteiger partial charge is 0.325 e. The molecule has 2 aromatic rings. The Hall–Kier alpha value is -3.24. The average Bonchev–Trinajstić information content (AvgIpc) is 3.44. The molecule has 226 valence electrons. The fraction of sp³-hybridized carbons (Fsp3) is 0.531. The minimum absolute atomic E-state index is 0.0651. The molecule has 0 aromatic heterocycles. The molecule has 3 aliphatic rings. The van der Waals surface area contributed by atoms with Crippen molar-refractivity contribution in [1.29, 1.82) is 0 Å². The fourth-order valence-electron chi connectivity index (χ4n) is 6.54. The first kappa shape index (κ1) is 30.2. The normalized spacial score (nSPS) is 23.0. The van der Waals surface area contributed by atoms with E-state index in [1.54, 1.807) is 12.1 Å². The number of carbonyl (C=O) groups excluding carboxylic acids is 3. The summed E-state index contributed by atoms with van der Waals surface area (Å²) in [6.45, 7) is 10.00. The van der Waals surface area contributed by atoms with Crippen LogP contribution in [0.25, 0.3) is 0 Å². The quantitative estimate of drug-likeness (QED) is 0.491. The lowest BCUT2D eigenvalue weighted by molar-refractivity contribution is -0.134. The van der Waals surface area contributed by atoms with E-state index >= 15 is 0 Å². The third-order valence-electron chi connectivity index (χ3n) is 8.84. The molecule has 2 atom stereocenters. The Morgan fingerprint density at radius 3 is 2.21 bits per heavy atom. The summed E-state index contributed by atoms with van der Waals surface area (Å²) in [6, 6.07) is 16.3. The van der Waals surface area contributed by atoms with Crippen LogP contribution in [0.5, 0.6) is 0 Å². The number of rotatable bonds is 7. The highest BCUT2D eigenvalue weighted by atomic mass is 32.2. The van der Waals surface area contributed by atoms with Gasteiger partial charge < -0.3 is 15.1 Å². The maximum absolute atomic E-state index is 13.5. The molecule has 5 rings (SSSR count). The molecule has 3 saturated heterocycles. The van der Waals surface area contributed by atoms with E-state index in [4.69, 9.17) is 0 Å². The molecule has 1 spiro atoms. The van der Waals surface area contributed by atoms with Gasteiger partial charge in [0.1, 0.15) is 5.54 Å². The molecule has 3 aliphatic heterocycles. The van der Waals surface area contributed by atoms with Crippen LogP contribution in [0.15, 0.2) is 59.5 Å². The zero-order chi connectivity index (χ0) is 30.3. The van der Waals surface area contributed by atoms with Gasteiger partial charge in [0.25, 0.3) is 5.91 Å². The Labute approximate surface area is 249 Å². The molecule has 0 aliphatic carbocycles. The molecular weight excluding hydrogens is 552 g/mol. The number of nitrogens with one attached hydrogen (secondary N) is 1. The zero-order valence-electron chi connectivity index (χ0n) is 25.0. The Morgan fingerprint density at radius 2 is 1.62 bits per heavy atom. The van der Waals surface area contributed by atoms with Gasteiger partial charge in [0.05, 0.1) is 11.4 Å². The molecule has 42 heavy (non-hydrogen) atoms. The van der Waals surface area contributed by atoms with Crippen molar-refractivity contribution in [2.75, 3.05) is 39.0 Å². The minimum Gasteiger partial charge on any atom is -0.342 e. The molecule has 3 fully saturated rings. The lowest BCUT2D eigenvalue weighted by Crippen LogP contribution is -2.55. The van der Waals surface area contributed by atoms with E-state index in [1.807, 2.05) is 11.0 Å². The third-order valence-corrected chi connectivity index (χ3v) is 9.97. The van der Waals surface area contributed by atoms with E-state index in [-0.39, 0.29) is 40.5 Å². The van der Waals surface area contributed by atoms with Crippen molar-refractivity contribution in [2.24, 2.45) is 11.3 Å². The summed E-state index contributed by atoms with van der Waals surface area (Å²) in [5.41, 5.74) is 0.966. The summed E-state index contributed by atoms with van der Waals surface area (Å²) < 4.78 is 23.5. The molecule has 0 radical (unpaired) electrons. The third kappa shape index (κ3) is 6.54. The number of sulfone groups is 1. The first-order valence-electron chi connectivity index (χ1n) is 14.7. The van der Waals surface area contributed by atoms with Crippen molar-refractivity contribution in [3.8, 4) is 0 Å². The Kier molecular flexibility index (Phi) is 8.24. The highest BCUT2D eigenvalue weighted by molar-refractivity contribution is 7.90. The molecule has 9 nitrogen and oxygen atoms in total. The van der Waals surface area contributed by atoms with Gasteiger partial charge in [-0.25, -0.2) is 13.2 Å². The molecule has 0 unspecified atom stereocenters. The Balaban J connectivity index is 1.22. The lowest BCUT2D eigenvalue weighted by Gasteiger charge is -2.38. The van der Waals surface area contributed by atoms with Gasteiger partial charge in [-0.3, -0.25) is 14.5 Å². The second-order valence-corrected chi connectivity index (χ2v) is 15.4. The van der Waals surface area contributed by atoms with Crippen molar-refractivity contribution in [2.45, 2.75) is 62.9 Å². The zero-order valence-corrected chi connectivity index (χ0v) is 25.8. The van der Waals surface area contributed by atoms with Gasteiger partial charge in [-0.2, -0.15) is 0 Å². The first-order valence-corrected chi connectivity index (χ1v) is 16.6. The van der Waals surface area contributed by atoms with Crippen LogP contribution in [0.3, 0.4) is 0 Å². The van der Waals surface area contributed by atoms with Crippen molar-refractivity contribution >= 4 is 27.7 Å². The second kappa shape index (κ2) is 11.4. The van der Waals surface area contributed by atoms with E-state index < -0.39 is 21.4 Å². The van der Waals surface area contributed by atoms with Gasteiger partial charge in [0.15, 0.2) is 9.84 Å². The Morgan fingerprint density at radius 1 is 0.976 bits per heavy atom. The maximum Gasteiger partial charge on any atom is 0.325 e. The number of amides is 4. The van der Waals surface area contributed by atoms with Crippen LogP contribution in [0.4, 0.5) is 4.79 Å². The van der Waals surface area contributed by atoms with Crippen LogP contribution in [-0.2, 0) is 26.0 Å². The van der Waals surface area contributed by atoms with Gasteiger partial charge in [-0.15, -0.1) is 0 Å². The number of imide groups is 1. The Bertz CT molecular complexity index is 1430. The van der Waals surface area contributed by atoms with Crippen molar-refractivity contribution in [1.82, 2.24) is 20.0 Å². The van der Waals surface area contributed by atoms with Crippen LogP contribution in [0.1, 0.15) is 57.1 Å². The first-order chi connectivity index (χ1) is 19.7. The van der Waals surface area contributed by atoms with Gasteiger partial charge >= 0.3 is 6.03 Å². The summed E-state index contributed by atoms with van der Waals surface area (Å²) >= 11 is 0. The molecule has 2 aromatic carbocycles. The highest BCUT2D eigenvalue weighted by Gasteiger charge is 2.52. The van der Waals surface area contributed by atoms with E-state index in [2.05, 4.69) is 55.3 Å². The number of piperidine rings is 1. The van der Waals surface area contributed by atoms with E-state index in [1.165, 1.54) is 22.6 Å². The number of benzene rings is 2. The van der Waals surface area contributed by atoms with Gasteiger partial charge in [-0.1, -0.05) is 63.2 Å². The summed E-state index contributed by atoms with van der Waals surface area (Å²) in [4.78, 5) is 45.4. The molecular formula is C32H42N4O5S. The number of likely N-dealkylation sites (tertiary alicyclic amines) is 2. The van der Waals surface area contributed by atoms with Crippen LogP contribution in [0.2, 0.25) is 0 Å². The van der Waals surface area contributed by atoms with Crippen molar-refractivity contribution in [3.63, 3.8) is 0 Å². The molecule has 4 amide bonds. The van der Waals surface area contributed by atoms with Crippen LogP contribution >= 0.6 is 0 Å². The van der Waals surface area contributed by atoms with E-state index in [9.17, 15) is 22.8 Å². The second-order valence-electron chi connectivity index (χ2n) is 13.4. The van der Waals surface area contributed by atoms with Gasteiger partial charge in [0, 0.05) is 51.3 Å². The summed E-state index contributed by atoms with van der Waals surface area (Å²) in [6.07, 6.45) is 2.72. The van der Waals surface area contributed by atoms with Gasteiger partial charge in [-0.05, 0) is 47.4 Å². The van der Waals surface area contributed by atoms with Crippen LogP contribution < -0.4 is 5.32 Å². The standard InChI is InChI=1S/C32H42N4O5S/c1-31(2,3)18-28(37)35-21-25(27(22-35)24-8-6-5-7-9-24)20-34-16-14-32(15-17-34)29(38)36(30(39)33-32)19-23-10-12-26(13-11-23)42(4,40)41/h5-13,25,27H,14-22H2,1-4H3,(H,33,39)/t25-,27+/m0/s1. The SMILES string of the molecule is CC(C)(C)CC(=O)N1C[C@H](CN2CCC3(CC2)NC(=O)N(Cc2ccc(S(C)(=O)=O)cc2)C3=O)[C@@H](c2ccccc2)C1. The van der Waals surface area contributed by atoms with Crippen molar-refractivity contribution < 1.29 is 22.8 Å². The average molecular weight is 595 g/mol. The number of carbonyl (C=O) groups is 3. The molecule has 1 N–H and O–H groups in total. The van der Waals surface area contributed by atoms with Crippen LogP contribution in [0, 0.1) is 11.3 Å². The lowest BCUT2D eigenvalue weighted by atomic mass is 9.85. The fourth-order valence-corrected chi connectivity index (χ4v) is 7.17. The topological polar surface area (TPSA) is 107 Å². The molecule has 0 saturated carbocycles. The molecule has 0 bridgehead atoms. The van der Waals surface area contributed by atoms with Crippen molar-refractivity contribution in [3.05, 3.63) is 65.7 Å². The van der Waals surface area contributed by atoms with Crippen LogP contribution in [-0.4, -0.2) is 85.5 Å². The minimum atomic E-state index is -3.32. The number of hydrogen-bond acceptors (Lipinski definition) is 6. The maximum atomic E-state index is 13.5.